The average molecular weight is 308 g/mol. The van der Waals surface area contributed by atoms with E-state index in [0.717, 1.165) is 18.8 Å². The van der Waals surface area contributed by atoms with Crippen LogP contribution >= 0.6 is 11.9 Å². The highest BCUT2D eigenvalue weighted by atomic mass is 32.2. The topological polar surface area (TPSA) is 50.1 Å². The summed E-state index contributed by atoms with van der Waals surface area (Å²) < 4.78 is 3.42. The van der Waals surface area contributed by atoms with Crippen LogP contribution in [-0.4, -0.2) is 24.4 Å². The summed E-state index contributed by atoms with van der Waals surface area (Å²) in [5.74, 6) is 1.72. The van der Waals surface area contributed by atoms with Gasteiger partial charge in [0.2, 0.25) is 0 Å². The third-order valence-electron chi connectivity index (χ3n) is 4.93. The van der Waals surface area contributed by atoms with E-state index in [0.29, 0.717) is 5.92 Å². The lowest BCUT2D eigenvalue weighted by atomic mass is 9.90. The maximum absolute atomic E-state index is 6.55. The van der Waals surface area contributed by atoms with E-state index >= 15 is 0 Å². The van der Waals surface area contributed by atoms with Crippen LogP contribution in [0.2, 0.25) is 0 Å². The van der Waals surface area contributed by atoms with Gasteiger partial charge in [0.25, 0.3) is 0 Å². The van der Waals surface area contributed by atoms with Crippen molar-refractivity contribution in [1.82, 2.24) is 5.32 Å². The molecule has 4 heteroatoms. The molecule has 118 valence electrons. The van der Waals surface area contributed by atoms with E-state index in [-0.39, 0.29) is 11.0 Å². The van der Waals surface area contributed by atoms with E-state index in [1.165, 1.54) is 17.7 Å². The zero-order chi connectivity index (χ0) is 15.5. The summed E-state index contributed by atoms with van der Waals surface area (Å²) in [4.78, 5) is 0. The molecule has 1 aliphatic carbocycles. The molecule has 4 N–H and O–H groups in total. The molecular formula is C17H29N3S. The second-order valence-corrected chi connectivity index (χ2v) is 6.86. The van der Waals surface area contributed by atoms with Crippen LogP contribution in [0.25, 0.3) is 0 Å². The van der Waals surface area contributed by atoms with Gasteiger partial charge < -0.3 is 15.8 Å². The van der Waals surface area contributed by atoms with Crippen molar-refractivity contribution in [3.63, 3.8) is 0 Å². The number of piperidine rings is 1. The number of hydrogen-bond acceptors (Lipinski definition) is 4. The molecule has 0 unspecified atom stereocenters. The molecule has 1 heterocycles. The van der Waals surface area contributed by atoms with Gasteiger partial charge in [-0.25, -0.2) is 0 Å². The number of nitrogens with two attached hydrogens (primary N) is 1. The summed E-state index contributed by atoms with van der Waals surface area (Å²) in [6.07, 6.45) is 1.19. The monoisotopic (exact) mass is 307 g/mol. The van der Waals surface area contributed by atoms with Gasteiger partial charge in [0.15, 0.2) is 0 Å². The van der Waals surface area contributed by atoms with E-state index in [1.54, 1.807) is 11.9 Å². The van der Waals surface area contributed by atoms with Gasteiger partial charge in [0.1, 0.15) is 0 Å². The van der Waals surface area contributed by atoms with Crippen molar-refractivity contribution in [3.05, 3.63) is 29.8 Å². The quantitative estimate of drug-likeness (QED) is 0.576. The third kappa shape index (κ3) is 2.69. The predicted octanol–water partition coefficient (Wildman–Crippen LogP) is 3.37. The Labute approximate surface area is 133 Å². The minimum atomic E-state index is -0.0395. The maximum Gasteiger partial charge on any atom is 0.0442 e. The number of benzene rings is 1. The summed E-state index contributed by atoms with van der Waals surface area (Å²) >= 11 is 1.77. The average Bonchev–Trinajstić information content (AvgIpc) is 2.81. The Morgan fingerprint density at radius 1 is 1.43 bits per heavy atom. The third-order valence-corrected chi connectivity index (χ3v) is 5.92. The molecule has 1 aliphatic heterocycles. The van der Waals surface area contributed by atoms with Gasteiger partial charge in [-0.05, 0) is 24.1 Å². The van der Waals surface area contributed by atoms with E-state index in [2.05, 4.69) is 48.2 Å². The number of fused-ring (bicyclic) bond motifs is 1. The molecule has 2 aliphatic rings. The molecule has 3 atom stereocenters. The first-order chi connectivity index (χ1) is 10.1. The highest BCUT2D eigenvalue weighted by Crippen LogP contribution is 2.63. The molecule has 3 rings (SSSR count). The number of rotatable bonds is 5. The van der Waals surface area contributed by atoms with Crippen LogP contribution in [0.1, 0.15) is 39.7 Å². The minimum Gasteiger partial charge on any atom is -0.330 e. The standard InChI is InChI=1S/C15H23N3S.C2H6/c1-3-7-19-18-12-6-4-5-11(8-12)14(2)13-9-17-10-15(13,14)16;1-2/h4-6,8,13,17-18H,3,7,9-10,16H2,1-2H3;1-2H3/t13-,14-,15+;/m0./s1. The molecule has 1 aromatic carbocycles. The highest BCUT2D eigenvalue weighted by molar-refractivity contribution is 8.00. The molecule has 0 amide bonds. The van der Waals surface area contributed by atoms with Crippen LogP contribution in [0, 0.1) is 5.92 Å². The first-order valence-corrected chi connectivity index (χ1v) is 9.09. The van der Waals surface area contributed by atoms with E-state index < -0.39 is 0 Å². The lowest BCUT2D eigenvalue weighted by Gasteiger charge is -2.21. The van der Waals surface area contributed by atoms with Crippen LogP contribution in [0.5, 0.6) is 0 Å². The second kappa shape index (κ2) is 6.59. The smallest absolute Gasteiger partial charge is 0.0442 e. The summed E-state index contributed by atoms with van der Waals surface area (Å²) in [7, 11) is 0. The van der Waals surface area contributed by atoms with Crippen LogP contribution in [0.3, 0.4) is 0 Å². The van der Waals surface area contributed by atoms with Crippen molar-refractivity contribution in [2.75, 3.05) is 23.6 Å². The van der Waals surface area contributed by atoms with Gasteiger partial charge in [-0.2, -0.15) is 0 Å². The van der Waals surface area contributed by atoms with Gasteiger partial charge in [0.05, 0.1) is 0 Å². The molecule has 1 saturated heterocycles. The van der Waals surface area contributed by atoms with Gasteiger partial charge in [-0.3, -0.25) is 0 Å². The lowest BCUT2D eigenvalue weighted by Crippen LogP contribution is -2.39. The van der Waals surface area contributed by atoms with E-state index in [9.17, 15) is 0 Å². The van der Waals surface area contributed by atoms with Crippen LogP contribution in [-0.2, 0) is 5.41 Å². The zero-order valence-electron chi connectivity index (χ0n) is 13.7. The van der Waals surface area contributed by atoms with Crippen molar-refractivity contribution in [3.8, 4) is 0 Å². The summed E-state index contributed by atoms with van der Waals surface area (Å²) in [6, 6.07) is 8.77. The summed E-state index contributed by atoms with van der Waals surface area (Å²) in [6.45, 7) is 10.5. The Hall–Kier alpha value is -0.710. The Bertz CT molecular complexity index is 479. The first-order valence-electron chi connectivity index (χ1n) is 8.11. The molecular weight excluding hydrogens is 278 g/mol. The molecule has 1 aromatic rings. The zero-order valence-corrected chi connectivity index (χ0v) is 14.5. The molecule has 0 radical (unpaired) electrons. The van der Waals surface area contributed by atoms with Crippen molar-refractivity contribution >= 4 is 17.6 Å². The van der Waals surface area contributed by atoms with Crippen molar-refractivity contribution in [2.45, 2.75) is 45.1 Å². The number of anilines is 1. The second-order valence-electron chi connectivity index (χ2n) is 5.96. The molecule has 0 aromatic heterocycles. The molecule has 21 heavy (non-hydrogen) atoms. The maximum atomic E-state index is 6.55. The van der Waals surface area contributed by atoms with Crippen LogP contribution in [0.4, 0.5) is 5.69 Å². The fraction of sp³-hybridized carbons (Fsp3) is 0.647. The predicted molar refractivity (Wildman–Crippen MR) is 94.8 cm³/mol. The van der Waals surface area contributed by atoms with Crippen LogP contribution in [0.15, 0.2) is 24.3 Å². The number of hydrogen-bond donors (Lipinski definition) is 3. The summed E-state index contributed by atoms with van der Waals surface area (Å²) in [5.41, 5.74) is 9.22. The van der Waals surface area contributed by atoms with Crippen LogP contribution < -0.4 is 15.8 Å². The highest BCUT2D eigenvalue weighted by Gasteiger charge is 2.74. The fourth-order valence-electron chi connectivity index (χ4n) is 3.55. The normalized spacial score (nSPS) is 32.9. The van der Waals surface area contributed by atoms with Crippen molar-refractivity contribution < 1.29 is 0 Å². The Balaban J connectivity index is 0.000000774. The molecule has 0 spiro atoms. The van der Waals surface area contributed by atoms with E-state index in [4.69, 9.17) is 5.73 Å². The van der Waals surface area contributed by atoms with Crippen molar-refractivity contribution in [2.24, 2.45) is 11.7 Å². The van der Waals surface area contributed by atoms with E-state index in [1.807, 2.05) is 13.8 Å². The summed E-state index contributed by atoms with van der Waals surface area (Å²) in [5, 5.41) is 3.40. The molecule has 0 bridgehead atoms. The first kappa shape index (κ1) is 16.7. The van der Waals surface area contributed by atoms with Gasteiger partial charge in [-0.1, -0.05) is 51.8 Å². The Kier molecular flexibility index (Phi) is 5.23. The number of nitrogens with one attached hydrogen (secondary N) is 2. The van der Waals surface area contributed by atoms with Gasteiger partial charge in [0, 0.05) is 41.4 Å². The minimum absolute atomic E-state index is 0.0395. The molecule has 1 saturated carbocycles. The van der Waals surface area contributed by atoms with Crippen molar-refractivity contribution in [1.29, 1.82) is 0 Å². The largest absolute Gasteiger partial charge is 0.330 e. The fourth-order valence-corrected chi connectivity index (χ4v) is 4.15. The van der Waals surface area contributed by atoms with Gasteiger partial charge in [-0.15, -0.1) is 0 Å². The molecule has 3 nitrogen and oxygen atoms in total. The lowest BCUT2D eigenvalue weighted by molar-refractivity contribution is 0.520. The SMILES string of the molecule is CC.CCCSNc1cccc([C@@]2(C)[C@@H]3CNC[C@@]32N)c1. The molecule has 2 fully saturated rings. The Morgan fingerprint density at radius 3 is 2.81 bits per heavy atom. The Morgan fingerprint density at radius 2 is 2.19 bits per heavy atom. The van der Waals surface area contributed by atoms with Gasteiger partial charge >= 0.3 is 0 Å².